The third-order valence-corrected chi connectivity index (χ3v) is 3.40. The van der Waals surface area contributed by atoms with Gasteiger partial charge in [-0.15, -0.1) is 0 Å². The Labute approximate surface area is 123 Å². The second-order valence-corrected chi connectivity index (χ2v) is 5.89. The van der Waals surface area contributed by atoms with Crippen LogP contribution in [0.2, 0.25) is 0 Å². The van der Waals surface area contributed by atoms with E-state index in [1.165, 1.54) is 0 Å². The molecular weight excluding hydrogens is 306 g/mol. The monoisotopic (exact) mass is 327 g/mol. The first-order chi connectivity index (χ1) is 9.00. The van der Waals surface area contributed by atoms with Crippen molar-refractivity contribution in [3.63, 3.8) is 0 Å². The van der Waals surface area contributed by atoms with Crippen LogP contribution in [0.4, 0.5) is 0 Å². The molecule has 1 N–H and O–H groups in total. The Kier molecular flexibility index (Phi) is 7.10. The second kappa shape index (κ2) is 8.33. The van der Waals surface area contributed by atoms with Gasteiger partial charge in [0.2, 0.25) is 0 Å². The Morgan fingerprint density at radius 2 is 2.11 bits per heavy atom. The lowest BCUT2D eigenvalue weighted by Crippen LogP contribution is -2.27. The summed E-state index contributed by atoms with van der Waals surface area (Å²) < 4.78 is 6.28. The van der Waals surface area contributed by atoms with Crippen molar-refractivity contribution < 1.29 is 9.53 Å². The number of aryl methyl sites for hydroxylation is 1. The fourth-order valence-electron chi connectivity index (χ4n) is 1.56. The highest BCUT2D eigenvalue weighted by Crippen LogP contribution is 2.17. The molecule has 3 nitrogen and oxygen atoms in total. The van der Waals surface area contributed by atoms with E-state index in [2.05, 4.69) is 35.1 Å². The molecule has 0 aliphatic carbocycles. The molecule has 0 spiro atoms. The number of nitrogens with one attached hydrogen (secondary N) is 1. The van der Waals surface area contributed by atoms with Gasteiger partial charge in [0.15, 0.2) is 0 Å². The second-order valence-electron chi connectivity index (χ2n) is 5.03. The number of hydrogen-bond acceptors (Lipinski definition) is 2. The number of carbonyl (C=O) groups excluding carboxylic acids is 1. The lowest BCUT2D eigenvalue weighted by molar-refractivity contribution is 0.0905. The van der Waals surface area contributed by atoms with E-state index >= 15 is 0 Å². The summed E-state index contributed by atoms with van der Waals surface area (Å²) in [4.78, 5) is 11.9. The van der Waals surface area contributed by atoms with Crippen LogP contribution >= 0.6 is 15.9 Å². The summed E-state index contributed by atoms with van der Waals surface area (Å²) in [6.45, 7) is 8.18. The number of carbonyl (C=O) groups is 1. The molecule has 1 amide bonds. The molecular formula is C15H22BrNO2. The molecule has 0 fully saturated rings. The van der Waals surface area contributed by atoms with Crippen LogP contribution in [0.1, 0.15) is 36.2 Å². The summed E-state index contributed by atoms with van der Waals surface area (Å²) >= 11 is 3.41. The summed E-state index contributed by atoms with van der Waals surface area (Å²) in [5.41, 5.74) is 1.79. The van der Waals surface area contributed by atoms with Crippen molar-refractivity contribution in [2.75, 3.05) is 19.8 Å². The third kappa shape index (κ3) is 6.21. The van der Waals surface area contributed by atoms with Gasteiger partial charge < -0.3 is 10.1 Å². The summed E-state index contributed by atoms with van der Waals surface area (Å²) in [6, 6.07) is 5.70. The molecule has 1 aromatic carbocycles. The number of rotatable bonds is 7. The van der Waals surface area contributed by atoms with Crippen molar-refractivity contribution in [3.05, 3.63) is 33.8 Å². The van der Waals surface area contributed by atoms with Crippen LogP contribution < -0.4 is 5.32 Å². The van der Waals surface area contributed by atoms with E-state index in [0.29, 0.717) is 24.6 Å². The van der Waals surface area contributed by atoms with Crippen LogP contribution in [0.15, 0.2) is 22.7 Å². The van der Waals surface area contributed by atoms with Gasteiger partial charge in [-0.1, -0.05) is 19.9 Å². The quantitative estimate of drug-likeness (QED) is 0.778. The molecule has 19 heavy (non-hydrogen) atoms. The minimum absolute atomic E-state index is 0.0701. The molecule has 0 aromatic heterocycles. The average Bonchev–Trinajstić information content (AvgIpc) is 2.32. The Morgan fingerprint density at radius 3 is 2.74 bits per heavy atom. The number of ether oxygens (including phenoxy) is 1. The van der Waals surface area contributed by atoms with Gasteiger partial charge in [0.25, 0.3) is 5.91 Å². The highest BCUT2D eigenvalue weighted by molar-refractivity contribution is 9.10. The summed E-state index contributed by atoms with van der Waals surface area (Å²) in [7, 11) is 0. The van der Waals surface area contributed by atoms with E-state index in [9.17, 15) is 4.79 Å². The van der Waals surface area contributed by atoms with Crippen molar-refractivity contribution in [1.29, 1.82) is 0 Å². The smallest absolute Gasteiger partial charge is 0.252 e. The number of benzene rings is 1. The summed E-state index contributed by atoms with van der Waals surface area (Å²) in [5, 5.41) is 2.85. The molecule has 106 valence electrons. The maximum absolute atomic E-state index is 11.9. The summed E-state index contributed by atoms with van der Waals surface area (Å²) in [5.74, 6) is 0.581. The van der Waals surface area contributed by atoms with E-state index in [-0.39, 0.29) is 5.91 Å². The lowest BCUT2D eigenvalue weighted by atomic mass is 10.1. The molecule has 0 unspecified atom stereocenters. The Hall–Kier alpha value is -0.870. The zero-order valence-electron chi connectivity index (χ0n) is 11.8. The maximum atomic E-state index is 11.9. The van der Waals surface area contributed by atoms with E-state index < -0.39 is 0 Å². The van der Waals surface area contributed by atoms with Crippen LogP contribution in [-0.4, -0.2) is 25.7 Å². The van der Waals surface area contributed by atoms with Crippen molar-refractivity contribution >= 4 is 21.8 Å². The van der Waals surface area contributed by atoms with Crippen LogP contribution in [0.5, 0.6) is 0 Å². The predicted molar refractivity (Wildman–Crippen MR) is 81.5 cm³/mol. The van der Waals surface area contributed by atoms with E-state index in [0.717, 1.165) is 23.1 Å². The zero-order valence-corrected chi connectivity index (χ0v) is 13.4. The topological polar surface area (TPSA) is 38.3 Å². The minimum Gasteiger partial charge on any atom is -0.380 e. The highest BCUT2D eigenvalue weighted by atomic mass is 79.9. The molecule has 0 aliphatic rings. The first-order valence-electron chi connectivity index (χ1n) is 6.62. The van der Waals surface area contributed by atoms with Gasteiger partial charge in [-0.05, 0) is 52.9 Å². The van der Waals surface area contributed by atoms with Crippen LogP contribution in [-0.2, 0) is 4.74 Å². The van der Waals surface area contributed by atoms with Crippen molar-refractivity contribution in [2.45, 2.75) is 27.2 Å². The normalized spacial score (nSPS) is 10.8. The number of amides is 1. The Morgan fingerprint density at radius 1 is 1.37 bits per heavy atom. The molecule has 0 bridgehead atoms. The fraction of sp³-hybridized carbons (Fsp3) is 0.533. The van der Waals surface area contributed by atoms with E-state index in [1.54, 1.807) is 0 Å². The number of halogens is 1. The van der Waals surface area contributed by atoms with E-state index in [4.69, 9.17) is 4.74 Å². The standard InChI is InChI=1S/C15H22BrNO2/c1-11(2)6-8-19-9-7-17-15(18)13-5-4-12(3)10-14(13)16/h4-5,10-11H,6-9H2,1-3H3,(H,17,18). The van der Waals surface area contributed by atoms with Crippen LogP contribution in [0.3, 0.4) is 0 Å². The highest BCUT2D eigenvalue weighted by Gasteiger charge is 2.08. The molecule has 0 atom stereocenters. The largest absolute Gasteiger partial charge is 0.380 e. The molecule has 1 aromatic rings. The van der Waals surface area contributed by atoms with Crippen molar-refractivity contribution in [2.24, 2.45) is 5.92 Å². The zero-order chi connectivity index (χ0) is 14.3. The molecule has 4 heteroatoms. The lowest BCUT2D eigenvalue weighted by Gasteiger charge is -2.09. The molecule has 0 radical (unpaired) electrons. The Bertz CT molecular complexity index is 419. The first kappa shape index (κ1) is 16.2. The molecule has 0 aliphatic heterocycles. The minimum atomic E-state index is -0.0701. The molecule has 1 rings (SSSR count). The predicted octanol–water partition coefficient (Wildman–Crippen LogP) is 3.55. The van der Waals surface area contributed by atoms with E-state index in [1.807, 2.05) is 25.1 Å². The van der Waals surface area contributed by atoms with Gasteiger partial charge >= 0.3 is 0 Å². The Balaban J connectivity index is 2.28. The molecule has 0 saturated carbocycles. The molecule has 0 saturated heterocycles. The van der Waals surface area contributed by atoms with Crippen molar-refractivity contribution in [3.8, 4) is 0 Å². The van der Waals surface area contributed by atoms with Crippen molar-refractivity contribution in [1.82, 2.24) is 5.32 Å². The van der Waals surface area contributed by atoms with Gasteiger partial charge in [0.05, 0.1) is 12.2 Å². The van der Waals surface area contributed by atoms with Gasteiger partial charge in [0, 0.05) is 17.6 Å². The van der Waals surface area contributed by atoms with Gasteiger partial charge in [-0.3, -0.25) is 4.79 Å². The van der Waals surface area contributed by atoms with Gasteiger partial charge in [-0.2, -0.15) is 0 Å². The average molecular weight is 328 g/mol. The molecule has 0 heterocycles. The fourth-order valence-corrected chi connectivity index (χ4v) is 2.23. The number of hydrogen-bond donors (Lipinski definition) is 1. The first-order valence-corrected chi connectivity index (χ1v) is 7.42. The van der Waals surface area contributed by atoms with Gasteiger partial charge in [-0.25, -0.2) is 0 Å². The third-order valence-electron chi connectivity index (χ3n) is 2.74. The van der Waals surface area contributed by atoms with Crippen LogP contribution in [0.25, 0.3) is 0 Å². The van der Waals surface area contributed by atoms with Crippen LogP contribution in [0, 0.1) is 12.8 Å². The maximum Gasteiger partial charge on any atom is 0.252 e. The summed E-state index contributed by atoms with van der Waals surface area (Å²) in [6.07, 6.45) is 1.05. The van der Waals surface area contributed by atoms with Gasteiger partial charge in [0.1, 0.15) is 0 Å². The SMILES string of the molecule is Cc1ccc(C(=O)NCCOCCC(C)C)c(Br)c1.